The van der Waals surface area contributed by atoms with Crippen LogP contribution in [0.25, 0.3) is 23.3 Å². The number of aromatic hydroxyl groups is 2. The van der Waals surface area contributed by atoms with Crippen LogP contribution in [-0.2, 0) is 35.1 Å². The number of ketones is 2. The van der Waals surface area contributed by atoms with Crippen LogP contribution >= 0.6 is 0 Å². The zero-order valence-corrected chi connectivity index (χ0v) is 30.6. The van der Waals surface area contributed by atoms with Gasteiger partial charge in [-0.2, -0.15) is 35.5 Å². The Morgan fingerprint density at radius 1 is 0.589 bits per heavy atom. The minimum absolute atomic E-state index is 0.0599. The van der Waals surface area contributed by atoms with Crippen LogP contribution < -0.4 is 16.2 Å². The molecule has 0 atom stereocenters. The Hall–Kier alpha value is -6.56. The molecule has 8 N–H and O–H groups in total. The minimum Gasteiger partial charge on any atom is -0.506 e. The topological polar surface area (TPSA) is 316 Å². The number of allylic oxidation sites excluding steroid dienone is 2. The Morgan fingerprint density at radius 3 is 1.46 bits per heavy atom. The maximum absolute atomic E-state index is 13.5. The molecule has 0 saturated heterocycles. The number of Topliss-reactive ketones (excluding diaryl/α,β-unsaturated/α-hetero) is 2. The molecule has 288 valence electrons. The number of carbonyl (C=O) groups is 3. The molecule has 0 saturated carbocycles. The van der Waals surface area contributed by atoms with Crippen LogP contribution in [0, 0.1) is 0 Å². The summed E-state index contributed by atoms with van der Waals surface area (Å²) in [5, 5.41) is 31.6. The molecule has 1 amide bonds. The predicted molar refractivity (Wildman–Crippen MR) is 202 cm³/mol. The molecule has 22 heteroatoms. The lowest BCUT2D eigenvalue weighted by Crippen LogP contribution is -2.28. The summed E-state index contributed by atoms with van der Waals surface area (Å²) in [5.41, 5.74) is 2.34. The van der Waals surface area contributed by atoms with Crippen molar-refractivity contribution in [2.45, 2.75) is 11.8 Å². The second kappa shape index (κ2) is 14.3. The molecule has 6 rings (SSSR count). The van der Waals surface area contributed by atoms with Gasteiger partial charge in [-0.1, -0.05) is 36.4 Å². The van der Waals surface area contributed by atoms with E-state index in [-0.39, 0.29) is 44.9 Å². The number of nitrogens with zero attached hydrogens (tertiary/aromatic N) is 2. The maximum Gasteiger partial charge on any atom is 0.296 e. The first kappa shape index (κ1) is 39.1. The smallest absolute Gasteiger partial charge is 0.296 e. The zero-order chi connectivity index (χ0) is 40.9. The first-order chi connectivity index (χ1) is 26.1. The van der Waals surface area contributed by atoms with Crippen LogP contribution in [0.2, 0.25) is 0 Å². The fraction of sp³-hybridized carbons (Fsp3) is 0.0294. The summed E-state index contributed by atoms with van der Waals surface area (Å²) < 4.78 is 102. The molecule has 0 heterocycles. The van der Waals surface area contributed by atoms with Crippen molar-refractivity contribution >= 4 is 88.5 Å². The molecule has 0 radical (unpaired) electrons. The summed E-state index contributed by atoms with van der Waals surface area (Å²) >= 11 is 0. The van der Waals surface area contributed by atoms with Crippen LogP contribution in [0.4, 0.5) is 17.1 Å². The molecule has 56 heavy (non-hydrogen) atoms. The second-order valence-electron chi connectivity index (χ2n) is 11.9. The van der Waals surface area contributed by atoms with Crippen molar-refractivity contribution in [1.82, 2.24) is 0 Å². The summed E-state index contributed by atoms with van der Waals surface area (Å²) in [6.07, 6.45) is 1.77. The Balaban J connectivity index is 1.27. The number of nitrogens with one attached hydrogen (secondary N) is 3. The van der Waals surface area contributed by atoms with Crippen LogP contribution in [0.3, 0.4) is 0 Å². The van der Waals surface area contributed by atoms with Gasteiger partial charge >= 0.3 is 0 Å². The molecule has 0 unspecified atom stereocenters. The van der Waals surface area contributed by atoms with E-state index in [1.54, 1.807) is 0 Å². The van der Waals surface area contributed by atoms with E-state index in [0.717, 1.165) is 24.3 Å². The molecule has 2 aliphatic rings. The van der Waals surface area contributed by atoms with Gasteiger partial charge in [-0.15, -0.1) is 0 Å². The number of carbonyl (C=O) groups excluding carboxylic acids is 3. The van der Waals surface area contributed by atoms with E-state index in [0.29, 0.717) is 0 Å². The third-order valence-corrected chi connectivity index (χ3v) is 10.8. The highest BCUT2D eigenvalue weighted by Crippen LogP contribution is 2.36. The molecular formula is C34H25N5O14S3. The number of fused-ring (bicyclic) bond motifs is 2. The van der Waals surface area contributed by atoms with Gasteiger partial charge in [0.05, 0.1) is 28.2 Å². The maximum atomic E-state index is 13.5. The largest absolute Gasteiger partial charge is 0.506 e. The number of phenols is 2. The number of phenolic OH excluding ortho intramolecular Hbond substituents is 2. The number of hydrazone groups is 2. The van der Waals surface area contributed by atoms with Gasteiger partial charge in [0.25, 0.3) is 30.4 Å². The molecular weight excluding hydrogens is 799 g/mol. The predicted octanol–water partition coefficient (Wildman–Crippen LogP) is 3.76. The van der Waals surface area contributed by atoms with E-state index in [4.69, 9.17) is 0 Å². The summed E-state index contributed by atoms with van der Waals surface area (Å²) in [6.45, 7) is 1.20. The van der Waals surface area contributed by atoms with Gasteiger partial charge in [-0.05, 0) is 70.8 Å². The van der Waals surface area contributed by atoms with Crippen molar-refractivity contribution in [1.29, 1.82) is 0 Å². The van der Waals surface area contributed by atoms with E-state index in [1.165, 1.54) is 67.6 Å². The van der Waals surface area contributed by atoms with Gasteiger partial charge in [0.2, 0.25) is 17.5 Å². The number of benzene rings is 4. The van der Waals surface area contributed by atoms with Crippen molar-refractivity contribution in [3.63, 3.8) is 0 Å². The molecule has 19 nitrogen and oxygen atoms in total. The Labute approximate surface area is 316 Å². The van der Waals surface area contributed by atoms with Crippen molar-refractivity contribution < 1.29 is 63.5 Å². The first-order valence-electron chi connectivity index (χ1n) is 15.5. The lowest BCUT2D eigenvalue weighted by molar-refractivity contribution is -0.114. The molecule has 0 aromatic heterocycles. The zero-order valence-electron chi connectivity index (χ0n) is 28.1. The van der Waals surface area contributed by atoms with Gasteiger partial charge in [0.15, 0.2) is 11.4 Å². The molecule has 4 aromatic rings. The summed E-state index contributed by atoms with van der Waals surface area (Å²) in [5.74, 6) is -3.79. The van der Waals surface area contributed by atoms with Crippen molar-refractivity contribution in [2.75, 3.05) is 16.2 Å². The number of hydrogen-bond donors (Lipinski definition) is 8. The monoisotopic (exact) mass is 823 g/mol. The quantitative estimate of drug-likeness (QED) is 0.0677. The van der Waals surface area contributed by atoms with Crippen molar-refractivity contribution in [3.05, 3.63) is 105 Å². The van der Waals surface area contributed by atoms with Gasteiger partial charge in [-0.3, -0.25) is 38.9 Å². The first-order valence-corrected chi connectivity index (χ1v) is 19.8. The van der Waals surface area contributed by atoms with Gasteiger partial charge in [0, 0.05) is 6.92 Å². The molecule has 0 bridgehead atoms. The van der Waals surface area contributed by atoms with Gasteiger partial charge in [0.1, 0.15) is 26.2 Å². The average molecular weight is 824 g/mol. The van der Waals surface area contributed by atoms with Crippen LogP contribution in [-0.4, -0.2) is 78.0 Å². The molecule has 0 fully saturated rings. The van der Waals surface area contributed by atoms with Crippen LogP contribution in [0.1, 0.15) is 38.8 Å². The van der Waals surface area contributed by atoms with Gasteiger partial charge < -0.3 is 15.5 Å². The van der Waals surface area contributed by atoms with E-state index < -0.39 is 91.0 Å². The number of anilines is 3. The minimum atomic E-state index is -5.12. The third-order valence-electron chi connectivity index (χ3n) is 8.13. The fourth-order valence-corrected chi connectivity index (χ4v) is 7.73. The highest BCUT2D eigenvalue weighted by Gasteiger charge is 2.37. The summed E-state index contributed by atoms with van der Waals surface area (Å²) in [7, 11) is -15.1. The Kier molecular flexibility index (Phi) is 9.97. The molecule has 4 aromatic carbocycles. The SMILES string of the molecule is CC(=O)Nc1cccc2c1C(=O)/C(=N/Nc1ccc(-c3ccc(N/N=C4/C(=O)c5c(cccc5S(=O)(=O)O)C=C4S(=O)(=O)O)c(O)c3)cc1O)C(S(=O)(=O)O)=C2. The third kappa shape index (κ3) is 7.68. The normalized spacial score (nSPS) is 15.8. The highest BCUT2D eigenvalue weighted by molar-refractivity contribution is 7.91. The average Bonchev–Trinajstić information content (AvgIpc) is 3.09. The highest BCUT2D eigenvalue weighted by atomic mass is 32.2. The summed E-state index contributed by atoms with van der Waals surface area (Å²) in [4.78, 5) is 35.8. The summed E-state index contributed by atoms with van der Waals surface area (Å²) in [6, 6.07) is 15.2. The van der Waals surface area contributed by atoms with Crippen LogP contribution in [0.5, 0.6) is 11.5 Å². The standard InChI is InChI=1S/C34H25N5O14S3/c1-16(40)35-23-6-2-4-19-14-27(55(48,49)50)31(33(43)29(19)23)38-36-21-10-8-17(12-24(21)41)18-9-11-22(25(42)13-18)37-39-32-28(56(51,52)53)15-20-5-3-7-26(54(45,46)47)30(20)34(32)44/h2-15,36-37,41-42H,1H3,(H,35,40)(H,45,46,47)(H,48,49,50)(H,51,52,53)/b38-31+,39-32+. The van der Waals surface area contributed by atoms with E-state index in [2.05, 4.69) is 26.4 Å². The molecule has 2 aliphatic carbocycles. The second-order valence-corrected chi connectivity index (χ2v) is 16.1. The van der Waals surface area contributed by atoms with Gasteiger partial charge in [-0.25, -0.2) is 0 Å². The van der Waals surface area contributed by atoms with E-state index in [9.17, 15) is 63.5 Å². The Bertz CT molecular complexity index is 2900. The lowest BCUT2D eigenvalue weighted by Gasteiger charge is -2.19. The number of hydrogen-bond acceptors (Lipinski definition) is 15. The van der Waals surface area contributed by atoms with Crippen LogP contribution in [0.15, 0.2) is 97.7 Å². The number of amides is 1. The van der Waals surface area contributed by atoms with Crippen molar-refractivity contribution in [3.8, 4) is 22.6 Å². The van der Waals surface area contributed by atoms with Crippen molar-refractivity contribution in [2.24, 2.45) is 10.2 Å². The molecule has 0 aliphatic heterocycles. The fourth-order valence-electron chi connectivity index (χ4n) is 5.69. The molecule has 0 spiro atoms. The number of rotatable bonds is 9. The Morgan fingerprint density at radius 2 is 1.04 bits per heavy atom. The lowest BCUT2D eigenvalue weighted by atomic mass is 9.93. The van der Waals surface area contributed by atoms with E-state index in [1.807, 2.05) is 0 Å². The van der Waals surface area contributed by atoms with E-state index >= 15 is 0 Å².